The zero-order valence-electron chi connectivity index (χ0n) is 16.0. The van der Waals surface area contributed by atoms with E-state index in [0.717, 1.165) is 18.2 Å². The third-order valence-corrected chi connectivity index (χ3v) is 4.25. The van der Waals surface area contributed by atoms with Crippen LogP contribution in [-0.4, -0.2) is 46.1 Å². The van der Waals surface area contributed by atoms with Crippen molar-refractivity contribution in [2.45, 2.75) is 13.0 Å². The Morgan fingerprint density at radius 3 is 2.23 bits per heavy atom. The van der Waals surface area contributed by atoms with Crippen LogP contribution in [0.1, 0.15) is 17.3 Å². The van der Waals surface area contributed by atoms with Crippen molar-refractivity contribution in [2.75, 3.05) is 23.8 Å². The van der Waals surface area contributed by atoms with Gasteiger partial charge in [-0.15, -0.1) is 0 Å². The van der Waals surface area contributed by atoms with Gasteiger partial charge in [0.25, 0.3) is 17.3 Å². The maximum absolute atomic E-state index is 12.5. The van der Waals surface area contributed by atoms with Crippen molar-refractivity contribution in [1.82, 2.24) is 0 Å². The molecule has 13 heteroatoms. The number of non-ortho nitro benzene ring substituents is 2. The molecule has 3 N–H and O–H groups in total. The number of anilines is 2. The molecule has 0 fully saturated rings. The maximum Gasteiger partial charge on any atom is 0.341 e. The van der Waals surface area contributed by atoms with Crippen LogP contribution in [0.4, 0.5) is 22.7 Å². The standard InChI is InChI=1S/C18H17ClN4O8/c1-10(17(25)21-16-5-3-12(23(29)30)9-14(16)19)31-18(26)13-8-11(22(27)28)2-4-15(13)20-6-7-24/h2-5,8-10,20,24H,6-7H2,1H3,(H,21,25). The Kier molecular flexibility index (Phi) is 7.82. The van der Waals surface area contributed by atoms with E-state index >= 15 is 0 Å². The molecule has 0 aliphatic heterocycles. The Hall–Kier alpha value is -3.77. The minimum Gasteiger partial charge on any atom is -0.449 e. The zero-order chi connectivity index (χ0) is 23.1. The van der Waals surface area contributed by atoms with Crippen molar-refractivity contribution in [3.63, 3.8) is 0 Å². The lowest BCUT2D eigenvalue weighted by molar-refractivity contribution is -0.385. The van der Waals surface area contributed by atoms with Gasteiger partial charge < -0.3 is 20.5 Å². The van der Waals surface area contributed by atoms with Crippen molar-refractivity contribution in [1.29, 1.82) is 0 Å². The molecule has 0 heterocycles. The molecule has 0 saturated heterocycles. The number of halogens is 1. The molecule has 0 radical (unpaired) electrons. The molecule has 0 spiro atoms. The number of nitro groups is 2. The average molecular weight is 453 g/mol. The summed E-state index contributed by atoms with van der Waals surface area (Å²) in [5, 5.41) is 35.7. The molecule has 12 nitrogen and oxygen atoms in total. The number of aliphatic hydroxyl groups excluding tert-OH is 1. The minimum atomic E-state index is -1.33. The second-order valence-electron chi connectivity index (χ2n) is 6.10. The first kappa shape index (κ1) is 23.5. The lowest BCUT2D eigenvalue weighted by atomic mass is 10.1. The van der Waals surface area contributed by atoms with Crippen molar-refractivity contribution in [3.05, 3.63) is 67.2 Å². The number of benzene rings is 2. The highest BCUT2D eigenvalue weighted by Crippen LogP contribution is 2.27. The van der Waals surface area contributed by atoms with Crippen LogP contribution in [0.15, 0.2) is 36.4 Å². The van der Waals surface area contributed by atoms with Gasteiger partial charge in [0.05, 0.1) is 32.7 Å². The summed E-state index contributed by atoms with van der Waals surface area (Å²) in [5.74, 6) is -1.79. The molecule has 0 saturated carbocycles. The molecule has 164 valence electrons. The largest absolute Gasteiger partial charge is 0.449 e. The van der Waals surface area contributed by atoms with Crippen molar-refractivity contribution < 1.29 is 29.3 Å². The fraction of sp³-hybridized carbons (Fsp3) is 0.222. The first-order valence-corrected chi connectivity index (χ1v) is 9.10. The zero-order valence-corrected chi connectivity index (χ0v) is 16.8. The predicted molar refractivity (Wildman–Crippen MR) is 110 cm³/mol. The first-order chi connectivity index (χ1) is 14.6. The van der Waals surface area contributed by atoms with Gasteiger partial charge in [-0.25, -0.2) is 4.79 Å². The number of amides is 1. The van der Waals surface area contributed by atoms with E-state index in [2.05, 4.69) is 10.6 Å². The third kappa shape index (κ3) is 6.10. The number of hydrogen-bond donors (Lipinski definition) is 3. The van der Waals surface area contributed by atoms with E-state index in [-0.39, 0.29) is 46.5 Å². The van der Waals surface area contributed by atoms with Gasteiger partial charge in [-0.3, -0.25) is 25.0 Å². The molecular weight excluding hydrogens is 436 g/mol. The van der Waals surface area contributed by atoms with Crippen molar-refractivity contribution in [3.8, 4) is 0 Å². The van der Waals surface area contributed by atoms with Crippen molar-refractivity contribution in [2.24, 2.45) is 0 Å². The summed E-state index contributed by atoms with van der Waals surface area (Å²) >= 11 is 5.92. The summed E-state index contributed by atoms with van der Waals surface area (Å²) < 4.78 is 5.10. The van der Waals surface area contributed by atoms with E-state index in [9.17, 15) is 29.8 Å². The van der Waals surface area contributed by atoms with Gasteiger partial charge in [-0.05, 0) is 19.1 Å². The van der Waals surface area contributed by atoms with Gasteiger partial charge in [0, 0.05) is 36.5 Å². The molecule has 0 aromatic heterocycles. The van der Waals surface area contributed by atoms with E-state index in [1.807, 2.05) is 0 Å². The van der Waals surface area contributed by atoms with Crippen LogP contribution in [0, 0.1) is 20.2 Å². The molecule has 0 bridgehead atoms. The molecule has 2 rings (SSSR count). The Morgan fingerprint density at radius 1 is 1.10 bits per heavy atom. The normalized spacial score (nSPS) is 11.3. The second-order valence-corrected chi connectivity index (χ2v) is 6.50. The molecule has 1 amide bonds. The maximum atomic E-state index is 12.5. The summed E-state index contributed by atoms with van der Waals surface area (Å²) in [7, 11) is 0. The number of nitrogens with one attached hydrogen (secondary N) is 2. The van der Waals surface area contributed by atoms with Crippen LogP contribution < -0.4 is 10.6 Å². The average Bonchev–Trinajstić information content (AvgIpc) is 2.73. The monoisotopic (exact) mass is 452 g/mol. The lowest BCUT2D eigenvalue weighted by Gasteiger charge is -2.16. The lowest BCUT2D eigenvalue weighted by Crippen LogP contribution is -2.30. The summed E-state index contributed by atoms with van der Waals surface area (Å²) in [5.41, 5.74) is -0.584. The second kappa shape index (κ2) is 10.3. The van der Waals surface area contributed by atoms with Crippen LogP contribution >= 0.6 is 11.6 Å². The Bertz CT molecular complexity index is 1030. The number of carbonyl (C=O) groups excluding carboxylic acids is 2. The van der Waals surface area contributed by atoms with E-state index < -0.39 is 27.8 Å². The van der Waals surface area contributed by atoms with Gasteiger partial charge in [0.15, 0.2) is 6.10 Å². The molecule has 1 atom stereocenters. The molecule has 0 aliphatic rings. The highest BCUT2D eigenvalue weighted by molar-refractivity contribution is 6.34. The van der Waals surface area contributed by atoms with Gasteiger partial charge >= 0.3 is 5.97 Å². The van der Waals surface area contributed by atoms with Crippen LogP contribution in [0.5, 0.6) is 0 Å². The summed E-state index contributed by atoms with van der Waals surface area (Å²) in [6.07, 6.45) is -1.33. The summed E-state index contributed by atoms with van der Waals surface area (Å²) in [6.45, 7) is 1.09. The minimum absolute atomic E-state index is 0.0702. The van der Waals surface area contributed by atoms with Crippen molar-refractivity contribution >= 4 is 46.2 Å². The Balaban J connectivity index is 2.15. The Morgan fingerprint density at radius 2 is 1.68 bits per heavy atom. The molecule has 2 aromatic carbocycles. The number of esters is 1. The number of hydrogen-bond acceptors (Lipinski definition) is 9. The number of ether oxygens (including phenoxy) is 1. The number of rotatable bonds is 9. The number of aliphatic hydroxyl groups is 1. The van der Waals surface area contributed by atoms with Gasteiger partial charge in [-0.1, -0.05) is 11.6 Å². The van der Waals surface area contributed by atoms with Crippen LogP contribution in [-0.2, 0) is 9.53 Å². The third-order valence-electron chi connectivity index (χ3n) is 3.94. The highest BCUT2D eigenvalue weighted by Gasteiger charge is 2.24. The van der Waals surface area contributed by atoms with Gasteiger partial charge in [-0.2, -0.15) is 0 Å². The van der Waals surface area contributed by atoms with E-state index in [1.54, 1.807) is 0 Å². The van der Waals surface area contributed by atoms with Crippen LogP contribution in [0.25, 0.3) is 0 Å². The molecule has 0 aliphatic carbocycles. The van der Waals surface area contributed by atoms with E-state index in [4.69, 9.17) is 21.4 Å². The van der Waals surface area contributed by atoms with Crippen LogP contribution in [0.3, 0.4) is 0 Å². The van der Waals surface area contributed by atoms with E-state index in [1.165, 1.54) is 25.1 Å². The van der Waals surface area contributed by atoms with Gasteiger partial charge in [0.1, 0.15) is 0 Å². The topological polar surface area (TPSA) is 174 Å². The Labute approximate surface area is 180 Å². The fourth-order valence-corrected chi connectivity index (χ4v) is 2.61. The molecular formula is C18H17ClN4O8. The van der Waals surface area contributed by atoms with Crippen LogP contribution in [0.2, 0.25) is 5.02 Å². The first-order valence-electron chi connectivity index (χ1n) is 8.73. The number of nitro benzene ring substituents is 2. The fourth-order valence-electron chi connectivity index (χ4n) is 2.39. The summed E-state index contributed by atoms with van der Waals surface area (Å²) in [6, 6.07) is 6.86. The predicted octanol–water partition coefficient (Wildman–Crippen LogP) is 2.74. The number of nitrogens with zero attached hydrogens (tertiary/aromatic N) is 2. The highest BCUT2D eigenvalue weighted by atomic mass is 35.5. The quantitative estimate of drug-likeness (QED) is 0.293. The molecule has 31 heavy (non-hydrogen) atoms. The van der Waals surface area contributed by atoms with Gasteiger partial charge in [0.2, 0.25) is 0 Å². The number of carbonyl (C=O) groups is 2. The summed E-state index contributed by atoms with van der Waals surface area (Å²) in [4.78, 5) is 45.3. The molecule has 2 aromatic rings. The van der Waals surface area contributed by atoms with E-state index in [0.29, 0.717) is 0 Å². The molecule has 1 unspecified atom stereocenters. The smallest absolute Gasteiger partial charge is 0.341 e. The SMILES string of the molecule is CC(OC(=O)c1cc([N+](=O)[O-])ccc1NCCO)C(=O)Nc1ccc([N+](=O)[O-])cc1Cl.